The molecule has 4 aromatic rings. The third-order valence-corrected chi connectivity index (χ3v) is 7.30. The summed E-state index contributed by atoms with van der Waals surface area (Å²) in [6.45, 7) is 3.89. The molecule has 0 aliphatic rings. The molecular formula is C25H26N6O2S. The highest BCUT2D eigenvalue weighted by molar-refractivity contribution is 7.88. The van der Waals surface area contributed by atoms with Gasteiger partial charge in [0.1, 0.15) is 5.82 Å². The van der Waals surface area contributed by atoms with Gasteiger partial charge in [0.2, 0.25) is 0 Å². The van der Waals surface area contributed by atoms with E-state index in [1.165, 1.54) is 18.6 Å². The Labute approximate surface area is 199 Å². The molecular weight excluding hydrogens is 448 g/mol. The van der Waals surface area contributed by atoms with Crippen molar-refractivity contribution in [1.82, 2.24) is 23.9 Å². The van der Waals surface area contributed by atoms with E-state index in [0.717, 1.165) is 45.1 Å². The molecule has 0 fully saturated rings. The lowest BCUT2D eigenvalue weighted by Crippen LogP contribution is -2.23. The molecule has 0 unspecified atom stereocenters. The fourth-order valence-electron chi connectivity index (χ4n) is 3.89. The Morgan fingerprint density at radius 2 is 1.76 bits per heavy atom. The molecule has 0 aliphatic heterocycles. The molecule has 0 atom stereocenters. The van der Waals surface area contributed by atoms with E-state index < -0.39 is 10.0 Å². The lowest BCUT2D eigenvalue weighted by molar-refractivity contribution is 0.511. The summed E-state index contributed by atoms with van der Waals surface area (Å²) < 4.78 is 27.9. The van der Waals surface area contributed by atoms with Crippen molar-refractivity contribution in [2.45, 2.75) is 38.3 Å². The highest BCUT2D eigenvalue weighted by atomic mass is 32.2. The number of aryl methyl sites for hydroxylation is 2. The monoisotopic (exact) mass is 474 g/mol. The lowest BCUT2D eigenvalue weighted by atomic mass is 9.97. The van der Waals surface area contributed by atoms with E-state index >= 15 is 0 Å². The molecule has 34 heavy (non-hydrogen) atoms. The molecule has 2 aromatic heterocycles. The first-order valence-electron chi connectivity index (χ1n) is 11.0. The Kier molecular flexibility index (Phi) is 6.46. The topological polar surface area (TPSA) is 104 Å². The Morgan fingerprint density at radius 3 is 2.41 bits per heavy atom. The lowest BCUT2D eigenvalue weighted by Gasteiger charge is -2.12. The second kappa shape index (κ2) is 9.33. The zero-order chi connectivity index (χ0) is 24.5. The van der Waals surface area contributed by atoms with Gasteiger partial charge in [-0.1, -0.05) is 55.8 Å². The number of hydrogen-bond acceptors (Lipinski definition) is 6. The molecule has 8 nitrogen and oxygen atoms in total. The van der Waals surface area contributed by atoms with Crippen LogP contribution in [0.5, 0.6) is 0 Å². The maximum absolute atomic E-state index is 12.7. The van der Waals surface area contributed by atoms with Crippen LogP contribution >= 0.6 is 0 Å². The molecule has 0 bridgehead atoms. The Balaban J connectivity index is 1.79. The van der Waals surface area contributed by atoms with Gasteiger partial charge in [-0.2, -0.15) is 14.8 Å². The molecule has 0 saturated carbocycles. The van der Waals surface area contributed by atoms with Crippen LogP contribution in [0.4, 0.5) is 0 Å². The van der Waals surface area contributed by atoms with Crippen LogP contribution in [0.1, 0.15) is 41.6 Å². The van der Waals surface area contributed by atoms with E-state index in [1.54, 1.807) is 13.0 Å². The van der Waals surface area contributed by atoms with Gasteiger partial charge >= 0.3 is 0 Å². The molecule has 0 spiro atoms. The summed E-state index contributed by atoms with van der Waals surface area (Å²) in [7, 11) is -0.857. The predicted octanol–water partition coefficient (Wildman–Crippen LogP) is 3.77. The normalized spacial score (nSPS) is 11.8. The highest BCUT2D eigenvalue weighted by Crippen LogP contribution is 2.26. The van der Waals surface area contributed by atoms with Gasteiger partial charge in [-0.3, -0.25) is 0 Å². The van der Waals surface area contributed by atoms with E-state index in [2.05, 4.69) is 23.1 Å². The molecule has 9 heteroatoms. The molecule has 2 aromatic carbocycles. The van der Waals surface area contributed by atoms with E-state index in [9.17, 15) is 13.7 Å². The van der Waals surface area contributed by atoms with Crippen LogP contribution in [0.25, 0.3) is 16.8 Å². The minimum Gasteiger partial charge on any atom is -0.238 e. The molecule has 0 saturated heterocycles. The van der Waals surface area contributed by atoms with Gasteiger partial charge in [0.05, 0.1) is 11.6 Å². The van der Waals surface area contributed by atoms with Crippen LogP contribution in [0.3, 0.4) is 0 Å². The van der Waals surface area contributed by atoms with Gasteiger partial charge in [-0.05, 0) is 36.1 Å². The molecule has 0 aliphatic carbocycles. The molecule has 0 radical (unpaired) electrons. The predicted molar refractivity (Wildman–Crippen MR) is 130 cm³/mol. The van der Waals surface area contributed by atoms with Crippen LogP contribution < -0.4 is 0 Å². The van der Waals surface area contributed by atoms with Gasteiger partial charge in [0, 0.05) is 31.8 Å². The van der Waals surface area contributed by atoms with Gasteiger partial charge in [0.15, 0.2) is 5.65 Å². The summed E-state index contributed by atoms with van der Waals surface area (Å²) in [4.78, 5) is 9.17. The summed E-state index contributed by atoms with van der Waals surface area (Å²) in [5, 5.41) is 13.4. The molecule has 0 N–H and O–H groups in total. The first-order chi connectivity index (χ1) is 16.3. The zero-order valence-electron chi connectivity index (χ0n) is 19.6. The SMILES string of the molecule is CCCc1nc(C)n2nc(S(=O)(=O)N(C)C)nc2c1Cc1ccc(-c2ccccc2C#N)cc1. The van der Waals surface area contributed by atoms with Gasteiger partial charge in [-0.15, -0.1) is 5.10 Å². The fraction of sp³-hybridized carbons (Fsp3) is 0.280. The second-order valence-electron chi connectivity index (χ2n) is 8.28. The third kappa shape index (κ3) is 4.30. The van der Waals surface area contributed by atoms with Crippen LogP contribution in [-0.4, -0.2) is 46.4 Å². The van der Waals surface area contributed by atoms with Crippen molar-refractivity contribution in [1.29, 1.82) is 5.26 Å². The third-order valence-electron chi connectivity index (χ3n) is 5.70. The number of aromatic nitrogens is 4. The van der Waals surface area contributed by atoms with Crippen molar-refractivity contribution >= 4 is 15.7 Å². The second-order valence-corrected chi connectivity index (χ2v) is 10.3. The minimum absolute atomic E-state index is 0.235. The number of benzene rings is 2. The van der Waals surface area contributed by atoms with Gasteiger partial charge in [-0.25, -0.2) is 17.7 Å². The summed E-state index contributed by atoms with van der Waals surface area (Å²) in [5.74, 6) is 0.596. The van der Waals surface area contributed by atoms with Crippen molar-refractivity contribution in [2.24, 2.45) is 0 Å². The number of nitrogens with zero attached hydrogens (tertiary/aromatic N) is 6. The van der Waals surface area contributed by atoms with Crippen molar-refractivity contribution in [2.75, 3.05) is 14.1 Å². The highest BCUT2D eigenvalue weighted by Gasteiger charge is 2.26. The standard InChI is InChI=1S/C25H26N6O2S/c1-5-8-23-22(24-28-25(34(32,33)30(3)4)29-31(24)17(2)27-23)15-18-11-13-19(14-12-18)21-10-7-6-9-20(21)16-26/h6-7,9-14H,5,8,15H2,1-4H3. The molecule has 174 valence electrons. The first kappa shape index (κ1) is 23.5. The zero-order valence-corrected chi connectivity index (χ0v) is 20.5. The maximum Gasteiger partial charge on any atom is 0.283 e. The molecule has 2 heterocycles. The minimum atomic E-state index is -3.78. The van der Waals surface area contributed by atoms with Crippen LogP contribution in [0.15, 0.2) is 53.7 Å². The number of hydrogen-bond donors (Lipinski definition) is 0. The summed E-state index contributed by atoms with van der Waals surface area (Å²) in [6, 6.07) is 17.8. The van der Waals surface area contributed by atoms with Crippen molar-refractivity contribution in [3.63, 3.8) is 0 Å². The Morgan fingerprint density at radius 1 is 1.06 bits per heavy atom. The smallest absolute Gasteiger partial charge is 0.238 e. The fourth-order valence-corrected chi connectivity index (χ4v) is 4.60. The van der Waals surface area contributed by atoms with Crippen molar-refractivity contribution < 1.29 is 8.42 Å². The van der Waals surface area contributed by atoms with E-state index in [0.29, 0.717) is 23.5 Å². The maximum atomic E-state index is 12.7. The first-order valence-corrected chi connectivity index (χ1v) is 12.5. The van der Waals surface area contributed by atoms with Crippen LogP contribution in [0, 0.1) is 18.3 Å². The Bertz CT molecular complexity index is 1500. The van der Waals surface area contributed by atoms with Crippen molar-refractivity contribution in [3.05, 3.63) is 76.7 Å². The van der Waals surface area contributed by atoms with E-state index in [1.807, 2.05) is 42.5 Å². The average molecular weight is 475 g/mol. The molecule has 4 rings (SSSR count). The largest absolute Gasteiger partial charge is 0.283 e. The van der Waals surface area contributed by atoms with Crippen molar-refractivity contribution in [3.8, 4) is 17.2 Å². The summed E-state index contributed by atoms with van der Waals surface area (Å²) >= 11 is 0. The quantitative estimate of drug-likeness (QED) is 0.404. The average Bonchev–Trinajstić information content (AvgIpc) is 3.29. The number of rotatable bonds is 7. The number of nitriles is 1. The number of sulfonamides is 1. The molecule has 0 amide bonds. The van der Waals surface area contributed by atoms with Crippen LogP contribution in [-0.2, 0) is 22.9 Å². The van der Waals surface area contributed by atoms with Gasteiger partial charge in [0.25, 0.3) is 15.2 Å². The van der Waals surface area contributed by atoms with Crippen LogP contribution in [0.2, 0.25) is 0 Å². The number of fused-ring (bicyclic) bond motifs is 1. The summed E-state index contributed by atoms with van der Waals surface area (Å²) in [6.07, 6.45) is 2.19. The Hall–Kier alpha value is -3.61. The van der Waals surface area contributed by atoms with E-state index in [-0.39, 0.29) is 5.16 Å². The van der Waals surface area contributed by atoms with Gasteiger partial charge < -0.3 is 0 Å². The van der Waals surface area contributed by atoms with E-state index in [4.69, 9.17) is 4.98 Å². The summed E-state index contributed by atoms with van der Waals surface area (Å²) in [5.41, 5.74) is 5.78.